The number of urea groups is 1. The number of rotatable bonds is 4. The van der Waals surface area contributed by atoms with E-state index < -0.39 is 0 Å². The van der Waals surface area contributed by atoms with Crippen LogP contribution in [0.4, 0.5) is 4.79 Å². The summed E-state index contributed by atoms with van der Waals surface area (Å²) in [5.41, 5.74) is 0.917. The Bertz CT molecular complexity index is 610. The lowest BCUT2D eigenvalue weighted by Crippen LogP contribution is -2.47. The first-order chi connectivity index (χ1) is 11.5. The number of aromatic nitrogens is 1. The van der Waals surface area contributed by atoms with E-state index in [-0.39, 0.29) is 23.5 Å². The van der Waals surface area contributed by atoms with Gasteiger partial charge in [0.1, 0.15) is 11.1 Å². The molecular formula is C16H24N4O3S. The van der Waals surface area contributed by atoms with E-state index in [4.69, 9.17) is 4.74 Å². The van der Waals surface area contributed by atoms with Crippen LogP contribution in [0.15, 0.2) is 5.38 Å². The maximum Gasteiger partial charge on any atom is 0.317 e. The Kier molecular flexibility index (Phi) is 5.05. The zero-order valence-electron chi connectivity index (χ0n) is 14.1. The summed E-state index contributed by atoms with van der Waals surface area (Å²) in [6, 6.07) is -0.0588. The van der Waals surface area contributed by atoms with Gasteiger partial charge in [-0.1, -0.05) is 0 Å². The minimum atomic E-state index is -0.0588. The maximum atomic E-state index is 12.3. The summed E-state index contributed by atoms with van der Waals surface area (Å²) >= 11 is 1.54. The van der Waals surface area contributed by atoms with E-state index in [1.807, 2.05) is 17.2 Å². The number of piperidine rings is 1. The first kappa shape index (κ1) is 17.2. The Balaban J connectivity index is 1.46. The first-order valence-corrected chi connectivity index (χ1v) is 9.16. The zero-order valence-corrected chi connectivity index (χ0v) is 14.9. The Hall–Kier alpha value is -1.67. The highest BCUT2D eigenvalue weighted by Gasteiger charge is 2.41. The van der Waals surface area contributed by atoms with Crippen molar-refractivity contribution in [1.29, 1.82) is 0 Å². The van der Waals surface area contributed by atoms with E-state index in [9.17, 15) is 9.59 Å². The van der Waals surface area contributed by atoms with Crippen molar-refractivity contribution >= 4 is 23.3 Å². The van der Waals surface area contributed by atoms with E-state index in [0.29, 0.717) is 26.1 Å². The van der Waals surface area contributed by atoms with Crippen LogP contribution in [-0.2, 0) is 16.1 Å². The third-order valence-corrected chi connectivity index (χ3v) is 6.05. The van der Waals surface area contributed by atoms with Crippen LogP contribution in [-0.4, -0.2) is 48.6 Å². The molecule has 0 radical (unpaired) electrons. The number of hydrogen-bond donors (Lipinski definition) is 2. The molecule has 132 valence electrons. The average molecular weight is 352 g/mol. The fourth-order valence-corrected chi connectivity index (χ4v) is 4.11. The third kappa shape index (κ3) is 3.70. The number of ether oxygens (including phenoxy) is 1. The summed E-state index contributed by atoms with van der Waals surface area (Å²) < 4.78 is 5.25. The van der Waals surface area contributed by atoms with Gasteiger partial charge in [0.05, 0.1) is 12.2 Å². The highest BCUT2D eigenvalue weighted by Crippen LogP contribution is 2.37. The van der Waals surface area contributed by atoms with Crippen LogP contribution in [0.2, 0.25) is 0 Å². The number of hydrogen-bond acceptors (Lipinski definition) is 5. The largest absolute Gasteiger partial charge is 0.375 e. The van der Waals surface area contributed by atoms with E-state index in [0.717, 1.165) is 30.1 Å². The molecule has 0 aromatic carbocycles. The summed E-state index contributed by atoms with van der Waals surface area (Å²) in [5.74, 6) is 0.137. The van der Waals surface area contributed by atoms with Crippen molar-refractivity contribution in [2.45, 2.75) is 38.8 Å². The molecule has 0 bridgehead atoms. The summed E-state index contributed by atoms with van der Waals surface area (Å²) in [6.45, 7) is 4.52. The molecule has 1 atom stereocenters. The summed E-state index contributed by atoms with van der Waals surface area (Å²) in [6.07, 6.45) is 2.33. The Morgan fingerprint density at radius 1 is 1.54 bits per heavy atom. The lowest BCUT2D eigenvalue weighted by atomic mass is 9.78. The van der Waals surface area contributed by atoms with Crippen molar-refractivity contribution < 1.29 is 14.3 Å². The average Bonchev–Trinajstić information content (AvgIpc) is 3.20. The number of nitrogens with one attached hydrogen (secondary N) is 2. The van der Waals surface area contributed by atoms with Crippen LogP contribution in [0.5, 0.6) is 0 Å². The minimum absolute atomic E-state index is 0.0273. The van der Waals surface area contributed by atoms with Gasteiger partial charge in [-0.3, -0.25) is 4.79 Å². The molecular weight excluding hydrogens is 328 g/mol. The van der Waals surface area contributed by atoms with Crippen LogP contribution in [0.25, 0.3) is 0 Å². The molecule has 3 amide bonds. The van der Waals surface area contributed by atoms with Crippen molar-refractivity contribution in [1.82, 2.24) is 20.5 Å². The molecule has 2 aliphatic rings. The van der Waals surface area contributed by atoms with E-state index >= 15 is 0 Å². The van der Waals surface area contributed by atoms with Crippen molar-refractivity contribution in [3.05, 3.63) is 16.1 Å². The molecule has 2 saturated heterocycles. The predicted octanol–water partition coefficient (Wildman–Crippen LogP) is 1.66. The van der Waals surface area contributed by atoms with Gasteiger partial charge >= 0.3 is 6.03 Å². The Labute approximate surface area is 145 Å². The number of amides is 3. The van der Waals surface area contributed by atoms with E-state index in [2.05, 4.69) is 15.6 Å². The van der Waals surface area contributed by atoms with E-state index in [1.165, 1.54) is 0 Å². The van der Waals surface area contributed by atoms with Crippen LogP contribution >= 0.6 is 11.3 Å². The molecule has 0 saturated carbocycles. The highest BCUT2D eigenvalue weighted by atomic mass is 32.1. The Morgan fingerprint density at radius 3 is 2.92 bits per heavy atom. The summed E-state index contributed by atoms with van der Waals surface area (Å²) in [5, 5.41) is 8.71. The van der Waals surface area contributed by atoms with Crippen molar-refractivity contribution in [3.63, 3.8) is 0 Å². The lowest BCUT2D eigenvalue weighted by molar-refractivity contribution is -0.119. The minimum Gasteiger partial charge on any atom is -0.375 e. The van der Waals surface area contributed by atoms with Gasteiger partial charge in [-0.2, -0.15) is 0 Å². The number of likely N-dealkylation sites (tertiary alicyclic amines) is 1. The van der Waals surface area contributed by atoms with Crippen molar-refractivity contribution in [3.8, 4) is 0 Å². The monoisotopic (exact) mass is 352 g/mol. The molecule has 0 aliphatic carbocycles. The molecule has 3 rings (SSSR count). The van der Waals surface area contributed by atoms with Crippen LogP contribution in [0.3, 0.4) is 0 Å². The number of methoxy groups -OCH3 is 1. The maximum absolute atomic E-state index is 12.3. The molecule has 1 unspecified atom stereocenters. The van der Waals surface area contributed by atoms with Crippen LogP contribution in [0.1, 0.15) is 43.0 Å². The predicted molar refractivity (Wildman–Crippen MR) is 90.6 cm³/mol. The SMILES string of the molecule is COC(C)c1nc(CNC(=O)N2CCC3(CC2)CNC(=O)C3)cs1. The van der Waals surface area contributed by atoms with Gasteiger partial charge < -0.3 is 20.3 Å². The molecule has 2 aliphatic heterocycles. The summed E-state index contributed by atoms with van der Waals surface area (Å²) in [4.78, 5) is 30.1. The van der Waals surface area contributed by atoms with Gasteiger partial charge in [-0.05, 0) is 25.2 Å². The van der Waals surface area contributed by atoms with Gasteiger partial charge in [0, 0.05) is 38.5 Å². The first-order valence-electron chi connectivity index (χ1n) is 8.28. The molecule has 1 aromatic heterocycles. The molecule has 3 heterocycles. The lowest BCUT2D eigenvalue weighted by Gasteiger charge is -2.38. The van der Waals surface area contributed by atoms with Gasteiger partial charge in [-0.25, -0.2) is 9.78 Å². The molecule has 24 heavy (non-hydrogen) atoms. The Morgan fingerprint density at radius 2 is 2.29 bits per heavy atom. The molecule has 2 fully saturated rings. The molecule has 7 nitrogen and oxygen atoms in total. The quantitative estimate of drug-likeness (QED) is 0.863. The van der Waals surface area contributed by atoms with Crippen molar-refractivity contribution in [2.24, 2.45) is 5.41 Å². The second kappa shape index (κ2) is 7.06. The molecule has 2 N–H and O–H groups in total. The number of carbonyl (C=O) groups excluding carboxylic acids is 2. The second-order valence-corrected chi connectivity index (χ2v) is 7.54. The number of thiazole rings is 1. The fraction of sp³-hybridized carbons (Fsp3) is 0.688. The molecule has 1 aromatic rings. The number of nitrogens with zero attached hydrogens (tertiary/aromatic N) is 2. The number of carbonyl (C=O) groups is 2. The molecule has 8 heteroatoms. The van der Waals surface area contributed by atoms with Gasteiger partial charge in [0.2, 0.25) is 5.91 Å². The van der Waals surface area contributed by atoms with Crippen molar-refractivity contribution in [2.75, 3.05) is 26.7 Å². The van der Waals surface area contributed by atoms with Crippen LogP contribution in [0, 0.1) is 5.41 Å². The standard InChI is InChI=1S/C16H24N4O3S/c1-11(23-2)14-19-12(9-24-14)8-17-15(22)20-5-3-16(4-6-20)7-13(21)18-10-16/h9,11H,3-8,10H2,1-2H3,(H,17,22)(H,18,21). The fourth-order valence-electron chi connectivity index (χ4n) is 3.26. The van der Waals surface area contributed by atoms with Gasteiger partial charge in [-0.15, -0.1) is 11.3 Å². The third-order valence-electron chi connectivity index (χ3n) is 5.00. The molecule has 1 spiro atoms. The van der Waals surface area contributed by atoms with E-state index in [1.54, 1.807) is 18.4 Å². The normalized spacial score (nSPS) is 20.9. The van der Waals surface area contributed by atoms with Gasteiger partial charge in [0.15, 0.2) is 0 Å². The smallest absolute Gasteiger partial charge is 0.317 e. The topological polar surface area (TPSA) is 83.6 Å². The second-order valence-electron chi connectivity index (χ2n) is 6.65. The van der Waals surface area contributed by atoms with Crippen LogP contribution < -0.4 is 10.6 Å². The highest BCUT2D eigenvalue weighted by molar-refractivity contribution is 7.09. The zero-order chi connectivity index (χ0) is 17.2. The van der Waals surface area contributed by atoms with Gasteiger partial charge in [0.25, 0.3) is 0 Å². The summed E-state index contributed by atoms with van der Waals surface area (Å²) in [7, 11) is 1.66.